The summed E-state index contributed by atoms with van der Waals surface area (Å²) in [6.45, 7) is 10.4. The summed E-state index contributed by atoms with van der Waals surface area (Å²) in [6, 6.07) is 11.4. The average Bonchev–Trinajstić information content (AvgIpc) is 4.24. The highest BCUT2D eigenvalue weighted by Crippen LogP contribution is 2.34. The number of likely N-dealkylation sites (tertiary alicyclic amines) is 2. The fourth-order valence-corrected chi connectivity index (χ4v) is 12.1. The van der Waals surface area contributed by atoms with Crippen molar-refractivity contribution >= 4 is 57.8 Å². The van der Waals surface area contributed by atoms with Crippen LogP contribution in [0.25, 0.3) is 5.65 Å². The third-order valence-corrected chi connectivity index (χ3v) is 16.5. The van der Waals surface area contributed by atoms with E-state index in [1.165, 1.54) is 36.0 Å². The van der Waals surface area contributed by atoms with Gasteiger partial charge in [-0.25, -0.2) is 13.9 Å². The van der Waals surface area contributed by atoms with Crippen molar-refractivity contribution in [3.8, 4) is 5.75 Å². The number of benzene rings is 2. The molecule has 2 fully saturated rings. The Kier molecular flexibility index (Phi) is 19.3. The number of hydrogen-bond acceptors (Lipinski definition) is 12. The Balaban J connectivity index is 0.744. The molecule has 1 unspecified atom stereocenters. The van der Waals surface area contributed by atoms with Crippen molar-refractivity contribution in [2.75, 3.05) is 52.1 Å². The molecule has 4 aliphatic heterocycles. The molecule has 0 saturated carbocycles. The van der Waals surface area contributed by atoms with E-state index in [-0.39, 0.29) is 59.3 Å². The average molecular weight is 1060 g/mol. The van der Waals surface area contributed by atoms with E-state index in [9.17, 15) is 33.2 Å². The number of ketones is 1. The molecule has 0 radical (unpaired) electrons. The molecule has 17 nitrogen and oxygen atoms in total. The lowest BCUT2D eigenvalue weighted by Crippen LogP contribution is -2.58. The number of halogens is 1. The summed E-state index contributed by atoms with van der Waals surface area (Å²) in [5.74, 6) is -0.00144. The van der Waals surface area contributed by atoms with Crippen molar-refractivity contribution in [1.82, 2.24) is 45.2 Å². The lowest BCUT2D eigenvalue weighted by atomic mass is 9.87. The van der Waals surface area contributed by atoms with E-state index in [2.05, 4.69) is 41.0 Å². The first-order valence-corrected chi connectivity index (χ1v) is 28.4. The summed E-state index contributed by atoms with van der Waals surface area (Å²) >= 11 is 1.48. The van der Waals surface area contributed by atoms with E-state index in [0.717, 1.165) is 72.6 Å². The number of aliphatic imine (C=N–C) groups is 1. The molecule has 2 saturated heterocycles. The van der Waals surface area contributed by atoms with Gasteiger partial charge in [-0.2, -0.15) is 5.10 Å². The Morgan fingerprint density at radius 1 is 0.921 bits per heavy atom. The smallest absolute Gasteiger partial charge is 0.259 e. The van der Waals surface area contributed by atoms with E-state index in [1.54, 1.807) is 29.6 Å². The number of ether oxygens (including phenoxy) is 1. The number of nitrogens with one attached hydrogen (secondary N) is 3. The number of carbonyl (C=O) groups is 6. The van der Waals surface area contributed by atoms with Crippen LogP contribution in [0.5, 0.6) is 5.75 Å². The third-order valence-electron chi connectivity index (χ3n) is 15.4. The number of nitrogens with zero attached hydrogens (tertiary/aromatic N) is 7. The van der Waals surface area contributed by atoms with Gasteiger partial charge in [-0.3, -0.25) is 33.8 Å². The van der Waals surface area contributed by atoms with Gasteiger partial charge in [-0.15, -0.1) is 11.8 Å². The SMILES string of the molecule is CN[C@@H](C)C(=O)N[C@H](C(=O)N1CCC[C@H]1C1=NC(C(=O)c2ccc(F)cc2)CS1)C1CCN(C(=O)CCCCCCCCC(=O)NCCN2C[C@H](C)Oc3ccc(C)cc3[C@@H](C)Cc3ccn4ncc(c4n3)C2=O)CC1. The zero-order valence-corrected chi connectivity index (χ0v) is 45.5. The van der Waals surface area contributed by atoms with Crippen molar-refractivity contribution in [2.45, 2.75) is 147 Å². The van der Waals surface area contributed by atoms with Crippen molar-refractivity contribution in [2.24, 2.45) is 10.9 Å². The van der Waals surface area contributed by atoms with Crippen molar-refractivity contribution in [1.29, 1.82) is 0 Å². The van der Waals surface area contributed by atoms with Crippen LogP contribution in [0.1, 0.15) is 141 Å². The summed E-state index contributed by atoms with van der Waals surface area (Å²) in [4.78, 5) is 96.5. The van der Waals surface area contributed by atoms with Gasteiger partial charge in [0.1, 0.15) is 35.3 Å². The van der Waals surface area contributed by atoms with Gasteiger partial charge in [0.25, 0.3) is 5.91 Å². The van der Waals surface area contributed by atoms with Crippen molar-refractivity contribution < 1.29 is 37.9 Å². The number of fused-ring (bicyclic) bond motifs is 2. The van der Waals surface area contributed by atoms with Gasteiger partial charge in [0, 0.05) is 68.8 Å². The van der Waals surface area contributed by atoms with Gasteiger partial charge in [0.05, 0.1) is 29.9 Å². The number of likely N-dealkylation sites (N-methyl/N-ethyl adjacent to an activating group) is 1. The number of unbranched alkanes of at least 4 members (excludes halogenated alkanes) is 5. The first-order valence-electron chi connectivity index (χ1n) is 27.4. The second-order valence-corrected chi connectivity index (χ2v) is 22.2. The zero-order valence-electron chi connectivity index (χ0n) is 44.7. The van der Waals surface area contributed by atoms with Gasteiger partial charge in [0.15, 0.2) is 11.4 Å². The highest BCUT2D eigenvalue weighted by Gasteiger charge is 2.43. The number of Topliss-reactive ketones (excluding diaryl/α,β-unsaturated/α-hetero) is 1. The molecule has 76 heavy (non-hydrogen) atoms. The van der Waals surface area contributed by atoms with E-state index < -0.39 is 23.9 Å². The number of aryl methyl sites for hydroxylation is 1. The summed E-state index contributed by atoms with van der Waals surface area (Å²) in [7, 11) is 1.70. The summed E-state index contributed by atoms with van der Waals surface area (Å²) in [6.07, 6.45) is 12.4. The van der Waals surface area contributed by atoms with Crippen LogP contribution in [-0.2, 0) is 25.6 Å². The third kappa shape index (κ3) is 14.0. The summed E-state index contributed by atoms with van der Waals surface area (Å²) < 4.78 is 21.7. The highest BCUT2D eigenvalue weighted by molar-refractivity contribution is 8.14. The topological polar surface area (TPSA) is 200 Å². The number of piperidine rings is 1. The van der Waals surface area contributed by atoms with Gasteiger partial charge in [-0.05, 0) is 127 Å². The monoisotopic (exact) mass is 1060 g/mol. The largest absolute Gasteiger partial charge is 0.489 e. The van der Waals surface area contributed by atoms with E-state index >= 15 is 0 Å². The molecule has 0 spiro atoms. The molecule has 4 aliphatic rings. The number of thioether (sulfide) groups is 1. The molecule has 6 atom stereocenters. The molecule has 2 bridgehead atoms. The van der Waals surface area contributed by atoms with Crippen LogP contribution in [0.15, 0.2) is 65.9 Å². The second kappa shape index (κ2) is 26.2. The first-order chi connectivity index (χ1) is 36.7. The van der Waals surface area contributed by atoms with E-state index in [1.807, 2.05) is 41.1 Å². The Morgan fingerprint density at radius 3 is 2.41 bits per heavy atom. The molecule has 0 aliphatic carbocycles. The van der Waals surface area contributed by atoms with E-state index in [4.69, 9.17) is 14.7 Å². The first kappa shape index (κ1) is 56.0. The Bertz CT molecular complexity index is 2750. The zero-order chi connectivity index (χ0) is 53.9. The number of aromatic nitrogens is 3. The molecule has 2 aromatic heterocycles. The molecule has 19 heteroatoms. The minimum absolute atomic E-state index is 0.0609. The quantitative estimate of drug-likeness (QED) is 0.0629. The fourth-order valence-electron chi connectivity index (χ4n) is 10.9. The summed E-state index contributed by atoms with van der Waals surface area (Å²) in [5.41, 5.74) is 4.41. The standard InChI is InChI=1S/C57H75FN10O7S/c1-36-16-21-48-44(31-36)37(2)32-43-24-29-68-53(62-43)45(33-61-68)56(73)66(34-38(3)75-48)30-25-60-49(69)14-10-8-6-7-9-11-15-50(70)65-27-22-40(23-28-65)51(64-54(72)39(4)59-5)57(74)67-26-12-13-47(67)55-63-46(35-76-55)52(71)41-17-19-42(58)20-18-41/h16-21,24,29,31,33,37-40,46-47,51,59H,6-15,22-23,25-28,30,32,34-35H2,1-5H3,(H,60,69)(H,64,72)/t37-,38-,39-,46?,47-,51-/m0/s1. The minimum Gasteiger partial charge on any atom is -0.489 e. The Morgan fingerprint density at radius 2 is 1.66 bits per heavy atom. The highest BCUT2D eigenvalue weighted by atomic mass is 32.2. The normalized spacial score (nSPS) is 21.0. The molecule has 8 rings (SSSR count). The maximum atomic E-state index is 14.5. The fraction of sp³-hybridized carbons (Fsp3) is 0.561. The predicted molar refractivity (Wildman–Crippen MR) is 291 cm³/mol. The lowest BCUT2D eigenvalue weighted by Gasteiger charge is -2.38. The van der Waals surface area contributed by atoms with Crippen LogP contribution in [-0.4, -0.2) is 152 Å². The summed E-state index contributed by atoms with van der Waals surface area (Å²) in [5, 5.41) is 14.2. The molecule has 2 aromatic carbocycles. The molecule has 4 aromatic rings. The van der Waals surface area contributed by atoms with Crippen LogP contribution in [0.4, 0.5) is 4.39 Å². The van der Waals surface area contributed by atoms with Gasteiger partial charge in [-0.1, -0.05) is 50.3 Å². The van der Waals surface area contributed by atoms with E-state index in [0.29, 0.717) is 100 Å². The van der Waals surface area contributed by atoms with Gasteiger partial charge >= 0.3 is 0 Å². The molecular formula is C57H75FN10O7S. The molecule has 6 heterocycles. The maximum Gasteiger partial charge on any atom is 0.259 e. The number of rotatable bonds is 20. The van der Waals surface area contributed by atoms with Gasteiger partial charge < -0.3 is 35.4 Å². The van der Waals surface area contributed by atoms with Crippen LogP contribution in [0, 0.1) is 18.7 Å². The Hall–Kier alpha value is -6.21. The van der Waals surface area contributed by atoms with Crippen LogP contribution >= 0.6 is 11.8 Å². The molecule has 3 N–H and O–H groups in total. The molecule has 5 amide bonds. The Labute approximate surface area is 449 Å². The van der Waals surface area contributed by atoms with Crippen LogP contribution in [0.3, 0.4) is 0 Å². The van der Waals surface area contributed by atoms with Crippen molar-refractivity contribution in [3.63, 3.8) is 0 Å². The van der Waals surface area contributed by atoms with Crippen LogP contribution in [0.2, 0.25) is 0 Å². The minimum atomic E-state index is -0.769. The maximum absolute atomic E-state index is 14.5. The van der Waals surface area contributed by atoms with Crippen molar-refractivity contribution in [3.05, 3.63) is 94.7 Å². The lowest BCUT2D eigenvalue weighted by molar-refractivity contribution is -0.139. The van der Waals surface area contributed by atoms with Gasteiger partial charge in [0.2, 0.25) is 23.6 Å². The molecule has 408 valence electrons. The number of hydrogen-bond donors (Lipinski definition) is 3. The predicted octanol–water partition coefficient (Wildman–Crippen LogP) is 6.70. The van der Waals surface area contributed by atoms with Crippen LogP contribution < -0.4 is 20.7 Å². The molecular weight excluding hydrogens is 988 g/mol. The number of carbonyl (C=O) groups excluding carboxylic acids is 6. The second-order valence-electron chi connectivity index (χ2n) is 21.1. The number of amides is 5.